The quantitative estimate of drug-likeness (QED) is 0.795. The maximum Gasteiger partial charge on any atom is 0.0597 e. The Kier molecular flexibility index (Phi) is 4.38. The molecule has 1 heterocycles. The maximum atomic E-state index is 5.64. The fraction of sp³-hybridized carbons (Fsp3) is 1.00. The van der Waals surface area contributed by atoms with Crippen LogP contribution in [0.25, 0.3) is 0 Å². The number of nitrogens with one attached hydrogen (secondary N) is 1. The molecule has 3 nitrogen and oxygen atoms in total. The van der Waals surface area contributed by atoms with Crippen LogP contribution in [0.2, 0.25) is 0 Å². The van der Waals surface area contributed by atoms with Crippen molar-refractivity contribution in [3.8, 4) is 0 Å². The van der Waals surface area contributed by atoms with Gasteiger partial charge in [0.05, 0.1) is 12.7 Å². The van der Waals surface area contributed by atoms with E-state index in [4.69, 9.17) is 4.74 Å². The average Bonchev–Trinajstić information content (AvgIpc) is 2.11. The first kappa shape index (κ1) is 13.9. The number of ether oxygens (including phenoxy) is 1. The van der Waals surface area contributed by atoms with Crippen molar-refractivity contribution in [2.45, 2.75) is 58.7 Å². The Balaban J connectivity index is 2.47. The van der Waals surface area contributed by atoms with Crippen molar-refractivity contribution in [2.24, 2.45) is 0 Å². The van der Waals surface area contributed by atoms with Crippen LogP contribution in [0.3, 0.4) is 0 Å². The van der Waals surface area contributed by atoms with Crippen molar-refractivity contribution >= 4 is 0 Å². The molecule has 0 unspecified atom stereocenters. The molecule has 0 atom stereocenters. The van der Waals surface area contributed by atoms with Gasteiger partial charge in [-0.25, -0.2) is 0 Å². The Morgan fingerprint density at radius 2 is 1.88 bits per heavy atom. The summed E-state index contributed by atoms with van der Waals surface area (Å²) in [7, 11) is 0. The second kappa shape index (κ2) is 5.03. The van der Waals surface area contributed by atoms with Crippen LogP contribution in [0.5, 0.6) is 0 Å². The molecule has 1 aliphatic rings. The number of nitrogens with zero attached hydrogens (tertiary/aromatic N) is 1. The molecule has 1 fully saturated rings. The minimum absolute atomic E-state index is 0.216. The van der Waals surface area contributed by atoms with E-state index < -0.39 is 0 Å². The summed E-state index contributed by atoms with van der Waals surface area (Å²) in [4.78, 5) is 2.53. The Labute approximate surface area is 101 Å². The number of rotatable bonds is 4. The van der Waals surface area contributed by atoms with Crippen LogP contribution < -0.4 is 5.32 Å². The molecule has 0 spiro atoms. The largest absolute Gasteiger partial charge is 0.377 e. The van der Waals surface area contributed by atoms with Crippen LogP contribution >= 0.6 is 0 Å². The monoisotopic (exact) mass is 228 g/mol. The van der Waals surface area contributed by atoms with E-state index in [-0.39, 0.29) is 11.1 Å². The lowest BCUT2D eigenvalue weighted by Gasteiger charge is -2.49. The van der Waals surface area contributed by atoms with Crippen molar-refractivity contribution in [3.05, 3.63) is 0 Å². The van der Waals surface area contributed by atoms with E-state index in [1.54, 1.807) is 0 Å². The van der Waals surface area contributed by atoms with Crippen molar-refractivity contribution < 1.29 is 4.74 Å². The zero-order valence-electron chi connectivity index (χ0n) is 11.8. The van der Waals surface area contributed by atoms with E-state index in [0.717, 1.165) is 26.2 Å². The fourth-order valence-electron chi connectivity index (χ4n) is 2.09. The molecule has 1 saturated heterocycles. The van der Waals surface area contributed by atoms with Gasteiger partial charge in [0, 0.05) is 30.7 Å². The lowest BCUT2D eigenvalue weighted by molar-refractivity contribution is -0.00229. The van der Waals surface area contributed by atoms with E-state index in [0.29, 0.717) is 6.10 Å². The first-order valence-corrected chi connectivity index (χ1v) is 6.35. The molecule has 16 heavy (non-hydrogen) atoms. The summed E-state index contributed by atoms with van der Waals surface area (Å²) in [6.07, 6.45) is 0.332. The third-order valence-electron chi connectivity index (χ3n) is 3.25. The Bertz CT molecular complexity index is 224. The summed E-state index contributed by atoms with van der Waals surface area (Å²) in [6.45, 7) is 17.3. The highest BCUT2D eigenvalue weighted by Crippen LogP contribution is 2.22. The van der Waals surface area contributed by atoms with Gasteiger partial charge >= 0.3 is 0 Å². The SMILES string of the molecule is CC(C)OCCN1CC(C)(C)NCC1(C)C. The molecular weight excluding hydrogens is 200 g/mol. The van der Waals surface area contributed by atoms with Crippen molar-refractivity contribution in [3.63, 3.8) is 0 Å². The minimum Gasteiger partial charge on any atom is -0.377 e. The van der Waals surface area contributed by atoms with E-state index in [2.05, 4.69) is 51.8 Å². The van der Waals surface area contributed by atoms with E-state index in [9.17, 15) is 0 Å². The predicted octanol–water partition coefficient (Wildman–Crippen LogP) is 1.87. The molecule has 0 saturated carbocycles. The molecular formula is C13H28N2O. The van der Waals surface area contributed by atoms with Crippen LogP contribution in [-0.4, -0.2) is 48.3 Å². The minimum atomic E-state index is 0.216. The van der Waals surface area contributed by atoms with E-state index in [1.807, 2.05) is 0 Å². The van der Waals surface area contributed by atoms with E-state index in [1.165, 1.54) is 0 Å². The Morgan fingerprint density at radius 3 is 2.44 bits per heavy atom. The lowest BCUT2D eigenvalue weighted by atomic mass is 9.91. The summed E-state index contributed by atoms with van der Waals surface area (Å²) in [5.74, 6) is 0. The van der Waals surface area contributed by atoms with Gasteiger partial charge in [-0.2, -0.15) is 0 Å². The highest BCUT2D eigenvalue weighted by atomic mass is 16.5. The van der Waals surface area contributed by atoms with Crippen molar-refractivity contribution in [2.75, 3.05) is 26.2 Å². The second-order valence-corrected chi connectivity index (χ2v) is 6.39. The van der Waals surface area contributed by atoms with Crippen LogP contribution in [0.4, 0.5) is 0 Å². The zero-order valence-corrected chi connectivity index (χ0v) is 11.8. The fourth-order valence-corrected chi connectivity index (χ4v) is 2.09. The first-order chi connectivity index (χ1) is 7.23. The molecule has 0 bridgehead atoms. The summed E-state index contributed by atoms with van der Waals surface area (Å²) in [5.41, 5.74) is 0.448. The number of hydrogen-bond acceptors (Lipinski definition) is 3. The molecule has 1 N–H and O–H groups in total. The van der Waals surface area contributed by atoms with Gasteiger partial charge in [0.2, 0.25) is 0 Å². The van der Waals surface area contributed by atoms with Gasteiger partial charge in [0.25, 0.3) is 0 Å². The van der Waals surface area contributed by atoms with Crippen LogP contribution in [-0.2, 0) is 4.74 Å². The summed E-state index contributed by atoms with van der Waals surface area (Å²) in [6, 6.07) is 0. The van der Waals surface area contributed by atoms with Gasteiger partial charge in [0.15, 0.2) is 0 Å². The summed E-state index contributed by atoms with van der Waals surface area (Å²) in [5, 5.41) is 3.60. The van der Waals surface area contributed by atoms with Gasteiger partial charge in [-0.15, -0.1) is 0 Å². The standard InChI is InChI=1S/C13H28N2O/c1-11(2)16-8-7-15-10-12(3,4)14-9-13(15,5)6/h11,14H,7-10H2,1-6H3. The van der Waals surface area contributed by atoms with Gasteiger partial charge in [-0.3, -0.25) is 4.90 Å². The van der Waals surface area contributed by atoms with Gasteiger partial charge < -0.3 is 10.1 Å². The van der Waals surface area contributed by atoms with Gasteiger partial charge in [-0.05, 0) is 41.5 Å². The highest BCUT2D eigenvalue weighted by Gasteiger charge is 2.37. The Hall–Kier alpha value is -0.120. The van der Waals surface area contributed by atoms with Crippen LogP contribution in [0.15, 0.2) is 0 Å². The summed E-state index contributed by atoms with van der Waals surface area (Å²) >= 11 is 0. The second-order valence-electron chi connectivity index (χ2n) is 6.39. The van der Waals surface area contributed by atoms with Gasteiger partial charge in [-0.1, -0.05) is 0 Å². The topological polar surface area (TPSA) is 24.5 Å². The molecule has 1 rings (SSSR count). The average molecular weight is 228 g/mol. The van der Waals surface area contributed by atoms with Crippen LogP contribution in [0, 0.1) is 0 Å². The molecule has 0 aromatic rings. The summed E-state index contributed by atoms with van der Waals surface area (Å²) < 4.78 is 5.64. The smallest absolute Gasteiger partial charge is 0.0597 e. The molecule has 0 aliphatic carbocycles. The first-order valence-electron chi connectivity index (χ1n) is 6.35. The highest BCUT2D eigenvalue weighted by molar-refractivity contribution is 4.97. The molecule has 0 aromatic heterocycles. The third kappa shape index (κ3) is 4.04. The lowest BCUT2D eigenvalue weighted by Crippen LogP contribution is -2.66. The molecule has 0 radical (unpaired) electrons. The maximum absolute atomic E-state index is 5.64. The molecule has 96 valence electrons. The van der Waals surface area contributed by atoms with Gasteiger partial charge in [0.1, 0.15) is 0 Å². The van der Waals surface area contributed by atoms with E-state index >= 15 is 0 Å². The van der Waals surface area contributed by atoms with Crippen molar-refractivity contribution in [1.82, 2.24) is 10.2 Å². The Morgan fingerprint density at radius 1 is 1.25 bits per heavy atom. The normalized spacial score (nSPS) is 24.9. The predicted molar refractivity (Wildman–Crippen MR) is 68.8 cm³/mol. The molecule has 3 heteroatoms. The third-order valence-corrected chi connectivity index (χ3v) is 3.25. The molecule has 1 aliphatic heterocycles. The number of hydrogen-bond donors (Lipinski definition) is 1. The molecule has 0 aromatic carbocycles. The molecule has 0 amide bonds. The van der Waals surface area contributed by atoms with Crippen molar-refractivity contribution in [1.29, 1.82) is 0 Å². The zero-order chi connectivity index (χ0) is 12.4. The number of piperazine rings is 1. The van der Waals surface area contributed by atoms with Crippen LogP contribution in [0.1, 0.15) is 41.5 Å².